The van der Waals surface area contributed by atoms with Crippen molar-refractivity contribution in [3.63, 3.8) is 0 Å². The lowest BCUT2D eigenvalue weighted by molar-refractivity contribution is -0.123. The van der Waals surface area contributed by atoms with Crippen LogP contribution in [0.15, 0.2) is 18.2 Å². The molecule has 0 saturated carbocycles. The molecule has 2 heterocycles. The van der Waals surface area contributed by atoms with Gasteiger partial charge in [-0.1, -0.05) is 0 Å². The van der Waals surface area contributed by atoms with Crippen molar-refractivity contribution in [2.24, 2.45) is 0 Å². The third kappa shape index (κ3) is 3.61. The van der Waals surface area contributed by atoms with Crippen molar-refractivity contribution in [3.8, 4) is 0 Å². The number of nitrogens with one attached hydrogen (secondary N) is 2. The molecule has 2 aliphatic rings. The molecule has 0 bridgehead atoms. The predicted octanol–water partition coefficient (Wildman–Crippen LogP) is 1.04. The van der Waals surface area contributed by atoms with E-state index in [-0.39, 0.29) is 24.1 Å². The lowest BCUT2D eigenvalue weighted by Crippen LogP contribution is -2.43. The Hall–Kier alpha value is -3.10. The summed E-state index contributed by atoms with van der Waals surface area (Å²) in [6.07, 6.45) is 0.854. The maximum absolute atomic E-state index is 12.1. The summed E-state index contributed by atoms with van der Waals surface area (Å²) in [6, 6.07) is 4.69. The lowest BCUT2D eigenvalue weighted by Gasteiger charge is -2.33. The third-order valence-corrected chi connectivity index (χ3v) is 4.21. The summed E-state index contributed by atoms with van der Waals surface area (Å²) >= 11 is 0. The van der Waals surface area contributed by atoms with Crippen LogP contribution >= 0.6 is 0 Å². The minimum absolute atomic E-state index is 0.0886. The number of hydrogen-bond donors (Lipinski definition) is 2. The molecule has 1 aromatic rings. The van der Waals surface area contributed by atoms with Gasteiger partial charge in [-0.3, -0.25) is 14.9 Å². The van der Waals surface area contributed by atoms with Crippen LogP contribution in [-0.4, -0.2) is 49.7 Å². The van der Waals surface area contributed by atoms with E-state index < -0.39 is 24.6 Å². The number of fused-ring (bicyclic) bond motifs is 3. The molecule has 1 fully saturated rings. The van der Waals surface area contributed by atoms with Gasteiger partial charge in [-0.05, 0) is 38.0 Å². The second-order valence-corrected chi connectivity index (χ2v) is 5.92. The Morgan fingerprint density at radius 3 is 2.88 bits per heavy atom. The van der Waals surface area contributed by atoms with Crippen LogP contribution < -0.4 is 15.5 Å². The van der Waals surface area contributed by atoms with Gasteiger partial charge in [-0.15, -0.1) is 0 Å². The van der Waals surface area contributed by atoms with Crippen LogP contribution in [0.25, 0.3) is 0 Å². The van der Waals surface area contributed by atoms with Gasteiger partial charge in [0.2, 0.25) is 5.91 Å². The summed E-state index contributed by atoms with van der Waals surface area (Å²) in [6.45, 7) is 1.90. The van der Waals surface area contributed by atoms with Gasteiger partial charge in [0.1, 0.15) is 6.04 Å². The topological polar surface area (TPSA) is 114 Å². The summed E-state index contributed by atoms with van der Waals surface area (Å²) < 4.78 is 9.44. The zero-order valence-corrected chi connectivity index (χ0v) is 14.2. The highest BCUT2D eigenvalue weighted by molar-refractivity contribution is 6.05. The van der Waals surface area contributed by atoms with Crippen LogP contribution in [0.1, 0.15) is 30.1 Å². The molecule has 0 radical (unpaired) electrons. The van der Waals surface area contributed by atoms with E-state index in [1.165, 1.54) is 6.07 Å². The summed E-state index contributed by atoms with van der Waals surface area (Å²) in [7, 11) is 0. The first-order valence-electron chi connectivity index (χ1n) is 8.35. The fourth-order valence-electron chi connectivity index (χ4n) is 3.09. The largest absolute Gasteiger partial charge is 0.452 e. The molecule has 3 rings (SSSR count). The van der Waals surface area contributed by atoms with E-state index in [0.29, 0.717) is 5.69 Å². The van der Waals surface area contributed by atoms with Crippen molar-refractivity contribution in [3.05, 3.63) is 23.8 Å². The summed E-state index contributed by atoms with van der Waals surface area (Å²) in [5.41, 5.74) is 1.60. The normalized spacial score (nSPS) is 17.7. The van der Waals surface area contributed by atoms with Gasteiger partial charge >= 0.3 is 12.1 Å². The number of imide groups is 1. The van der Waals surface area contributed by atoms with Crippen LogP contribution in [0, 0.1) is 0 Å². The molecule has 0 aliphatic carbocycles. The number of ether oxygens (including phenoxy) is 2. The quantitative estimate of drug-likeness (QED) is 0.770. The maximum atomic E-state index is 12.1. The molecule has 9 heteroatoms. The number of amides is 3. The molecule has 1 saturated heterocycles. The minimum Gasteiger partial charge on any atom is -0.452 e. The zero-order valence-electron chi connectivity index (χ0n) is 14.2. The first-order valence-corrected chi connectivity index (χ1v) is 8.35. The molecule has 0 unspecified atom stereocenters. The molecule has 3 amide bonds. The molecule has 2 N–H and O–H groups in total. The summed E-state index contributed by atoms with van der Waals surface area (Å²) in [5.74, 6) is -1.61. The molecule has 0 spiro atoms. The molecule has 1 atom stereocenters. The van der Waals surface area contributed by atoms with Crippen molar-refractivity contribution < 1.29 is 28.7 Å². The van der Waals surface area contributed by atoms with Crippen LogP contribution in [0.2, 0.25) is 0 Å². The SMILES string of the molecule is CCOC(=O)NC(=O)COC(=O)c1ccc2c(c1)NC(=O)[C@@H]1CCCN21. The Balaban J connectivity index is 1.62. The van der Waals surface area contributed by atoms with E-state index in [9.17, 15) is 19.2 Å². The van der Waals surface area contributed by atoms with Crippen LogP contribution in [0.4, 0.5) is 16.2 Å². The van der Waals surface area contributed by atoms with E-state index in [1.807, 2.05) is 10.2 Å². The van der Waals surface area contributed by atoms with E-state index in [1.54, 1.807) is 19.1 Å². The number of carbonyl (C=O) groups is 4. The second kappa shape index (κ2) is 7.42. The van der Waals surface area contributed by atoms with Gasteiger partial charge < -0.3 is 19.7 Å². The highest BCUT2D eigenvalue weighted by atomic mass is 16.6. The van der Waals surface area contributed by atoms with Crippen molar-refractivity contribution in [1.82, 2.24) is 5.32 Å². The van der Waals surface area contributed by atoms with Gasteiger partial charge in [-0.25, -0.2) is 9.59 Å². The van der Waals surface area contributed by atoms with Crippen LogP contribution in [0.5, 0.6) is 0 Å². The molecular weight excluding hydrogens is 342 g/mol. The molecule has 1 aromatic carbocycles. The fourth-order valence-corrected chi connectivity index (χ4v) is 3.09. The van der Waals surface area contributed by atoms with Crippen molar-refractivity contribution >= 4 is 35.3 Å². The van der Waals surface area contributed by atoms with E-state index in [2.05, 4.69) is 10.1 Å². The van der Waals surface area contributed by atoms with E-state index in [0.717, 1.165) is 25.1 Å². The van der Waals surface area contributed by atoms with Crippen molar-refractivity contribution in [2.75, 3.05) is 30.0 Å². The zero-order chi connectivity index (χ0) is 18.7. The number of alkyl carbamates (subject to hydrolysis) is 1. The average Bonchev–Trinajstić information content (AvgIpc) is 3.10. The number of nitrogens with zero attached hydrogens (tertiary/aromatic N) is 1. The molecule has 9 nitrogen and oxygen atoms in total. The van der Waals surface area contributed by atoms with Crippen LogP contribution in [-0.2, 0) is 19.1 Å². The number of anilines is 2. The Kier molecular flexibility index (Phi) is 5.06. The Bertz CT molecular complexity index is 763. The van der Waals surface area contributed by atoms with E-state index in [4.69, 9.17) is 4.74 Å². The number of rotatable bonds is 4. The number of esters is 1. The number of benzene rings is 1. The van der Waals surface area contributed by atoms with Gasteiger partial charge in [0, 0.05) is 6.54 Å². The number of carbonyl (C=O) groups excluding carboxylic acids is 4. The van der Waals surface area contributed by atoms with Crippen molar-refractivity contribution in [1.29, 1.82) is 0 Å². The average molecular weight is 361 g/mol. The summed E-state index contributed by atoms with van der Waals surface area (Å²) in [4.78, 5) is 48.9. The van der Waals surface area contributed by atoms with Gasteiger partial charge in [0.25, 0.3) is 5.91 Å². The summed E-state index contributed by atoms with van der Waals surface area (Å²) in [5, 5.41) is 4.73. The molecular formula is C17H19N3O6. The standard InChI is InChI=1S/C17H19N3O6/c1-2-25-17(24)19-14(21)9-26-16(23)10-5-6-12-11(8-10)18-15(22)13-4-3-7-20(12)13/h5-6,8,13H,2-4,7,9H2,1H3,(H,18,22)(H,19,21,24)/t13-/m0/s1. The van der Waals surface area contributed by atoms with Gasteiger partial charge in [-0.2, -0.15) is 0 Å². The van der Waals surface area contributed by atoms with E-state index >= 15 is 0 Å². The minimum atomic E-state index is -0.898. The van der Waals surface area contributed by atoms with Crippen molar-refractivity contribution in [2.45, 2.75) is 25.8 Å². The van der Waals surface area contributed by atoms with Gasteiger partial charge in [0.05, 0.1) is 23.5 Å². The molecule has 2 aliphatic heterocycles. The van der Waals surface area contributed by atoms with Crippen LogP contribution in [0.3, 0.4) is 0 Å². The second-order valence-electron chi connectivity index (χ2n) is 5.92. The Labute approximate surface area is 149 Å². The van der Waals surface area contributed by atoms with Gasteiger partial charge in [0.15, 0.2) is 6.61 Å². The Morgan fingerprint density at radius 2 is 2.12 bits per heavy atom. The third-order valence-electron chi connectivity index (χ3n) is 4.21. The number of hydrogen-bond acceptors (Lipinski definition) is 7. The first-order chi connectivity index (χ1) is 12.5. The fraction of sp³-hybridized carbons (Fsp3) is 0.412. The predicted molar refractivity (Wildman–Crippen MR) is 90.9 cm³/mol. The smallest absolute Gasteiger partial charge is 0.413 e. The molecule has 26 heavy (non-hydrogen) atoms. The highest BCUT2D eigenvalue weighted by Crippen LogP contribution is 2.37. The molecule has 0 aromatic heterocycles. The first kappa shape index (κ1) is 17.7. The Morgan fingerprint density at radius 1 is 1.31 bits per heavy atom. The molecule has 138 valence electrons. The highest BCUT2D eigenvalue weighted by Gasteiger charge is 2.36. The lowest BCUT2D eigenvalue weighted by atomic mass is 10.1. The monoisotopic (exact) mass is 361 g/mol. The maximum Gasteiger partial charge on any atom is 0.413 e.